The molecule has 0 bridgehead atoms. The molecule has 0 atom stereocenters. The van der Waals surface area contributed by atoms with Gasteiger partial charge in [-0.3, -0.25) is 4.79 Å². The van der Waals surface area contributed by atoms with Crippen molar-refractivity contribution in [3.63, 3.8) is 0 Å². The van der Waals surface area contributed by atoms with Gasteiger partial charge in [0.25, 0.3) is 5.91 Å². The van der Waals surface area contributed by atoms with E-state index < -0.39 is 5.60 Å². The van der Waals surface area contributed by atoms with Crippen molar-refractivity contribution < 1.29 is 14.6 Å². The minimum atomic E-state index is -0.999. The summed E-state index contributed by atoms with van der Waals surface area (Å²) in [7, 11) is 0. The lowest BCUT2D eigenvalue weighted by Crippen LogP contribution is -2.49. The minimum Gasteiger partial charge on any atom is -0.489 e. The second kappa shape index (κ2) is 10.5. The highest BCUT2D eigenvalue weighted by Gasteiger charge is 2.23. The number of benzene rings is 1. The molecule has 0 spiro atoms. The summed E-state index contributed by atoms with van der Waals surface area (Å²) < 4.78 is 7.42. The lowest BCUT2D eigenvalue weighted by atomic mass is 10.1. The number of nitrogens with zero attached hydrogens (tertiary/aromatic N) is 6. The number of amides is 1. The predicted molar refractivity (Wildman–Crippen MR) is 147 cm³/mol. The van der Waals surface area contributed by atoms with Crippen molar-refractivity contribution in [2.24, 2.45) is 0 Å². The molecule has 1 aliphatic heterocycles. The van der Waals surface area contributed by atoms with Gasteiger partial charge in [-0.25, -0.2) is 9.50 Å². The standard InChI is InChI=1S/C30H28N6O3/c1-4-21-5-7-22(8-6-21)29(37)35-13-11-34(12-14-35)27-10-9-23(17-32-27)26-15-25(39-20-30(2,3)38)19-36-28(26)24(16-31)18-33-36/h1,5-10,15,17-19,38H,11-14,20H2,2-3H3. The Morgan fingerprint density at radius 2 is 1.87 bits per heavy atom. The number of hydrogen-bond acceptors (Lipinski definition) is 7. The number of fused-ring (bicyclic) bond motifs is 1. The Balaban J connectivity index is 1.32. The summed E-state index contributed by atoms with van der Waals surface area (Å²) in [6, 6.07) is 15.0. The van der Waals surface area contributed by atoms with Gasteiger partial charge in [-0.15, -0.1) is 6.42 Å². The highest BCUT2D eigenvalue weighted by molar-refractivity contribution is 5.94. The summed E-state index contributed by atoms with van der Waals surface area (Å²) in [5.41, 5.74) is 3.03. The number of rotatable bonds is 6. The van der Waals surface area contributed by atoms with E-state index in [0.717, 1.165) is 22.5 Å². The van der Waals surface area contributed by atoms with Crippen molar-refractivity contribution in [1.29, 1.82) is 5.26 Å². The van der Waals surface area contributed by atoms with Gasteiger partial charge in [-0.05, 0) is 56.3 Å². The van der Waals surface area contributed by atoms with Gasteiger partial charge < -0.3 is 19.6 Å². The number of carbonyl (C=O) groups excluding carboxylic acids is 1. The maximum absolute atomic E-state index is 12.9. The van der Waals surface area contributed by atoms with Crippen LogP contribution in [0.3, 0.4) is 0 Å². The van der Waals surface area contributed by atoms with Crippen LogP contribution < -0.4 is 9.64 Å². The van der Waals surface area contributed by atoms with Crippen molar-refractivity contribution in [2.45, 2.75) is 19.4 Å². The van der Waals surface area contributed by atoms with Crippen LogP contribution in [0.1, 0.15) is 35.3 Å². The molecule has 9 heteroatoms. The summed E-state index contributed by atoms with van der Waals surface area (Å²) in [6.07, 6.45) is 10.4. The average Bonchev–Trinajstić information content (AvgIpc) is 3.38. The maximum Gasteiger partial charge on any atom is 0.253 e. The molecule has 0 radical (unpaired) electrons. The number of carbonyl (C=O) groups is 1. The number of hydrogen-bond donors (Lipinski definition) is 1. The highest BCUT2D eigenvalue weighted by Crippen LogP contribution is 2.31. The zero-order chi connectivity index (χ0) is 27.6. The topological polar surface area (TPSA) is 107 Å². The molecular formula is C30H28N6O3. The number of aliphatic hydroxyl groups is 1. The van der Waals surface area contributed by atoms with E-state index in [1.807, 2.05) is 23.1 Å². The Labute approximate surface area is 226 Å². The summed E-state index contributed by atoms with van der Waals surface area (Å²) >= 11 is 0. The van der Waals surface area contributed by atoms with Gasteiger partial charge in [0.1, 0.15) is 24.2 Å². The van der Waals surface area contributed by atoms with Crippen molar-refractivity contribution >= 4 is 17.2 Å². The fourth-order valence-electron chi connectivity index (χ4n) is 4.50. The van der Waals surface area contributed by atoms with Crippen LogP contribution in [0.4, 0.5) is 5.82 Å². The van der Waals surface area contributed by atoms with Crippen LogP contribution in [0.15, 0.2) is 61.1 Å². The monoisotopic (exact) mass is 520 g/mol. The number of nitriles is 1. The first-order valence-corrected chi connectivity index (χ1v) is 12.6. The zero-order valence-electron chi connectivity index (χ0n) is 21.8. The molecular weight excluding hydrogens is 492 g/mol. The summed E-state index contributed by atoms with van der Waals surface area (Å²) in [5.74, 6) is 3.89. The van der Waals surface area contributed by atoms with E-state index in [-0.39, 0.29) is 12.5 Å². The van der Waals surface area contributed by atoms with Gasteiger partial charge in [-0.1, -0.05) is 5.92 Å². The molecule has 1 aliphatic rings. The van der Waals surface area contributed by atoms with E-state index in [4.69, 9.17) is 16.1 Å². The number of pyridine rings is 2. The third-order valence-electron chi connectivity index (χ3n) is 6.55. The quantitative estimate of drug-likeness (QED) is 0.389. The highest BCUT2D eigenvalue weighted by atomic mass is 16.5. The predicted octanol–water partition coefficient (Wildman–Crippen LogP) is 3.36. The van der Waals surface area contributed by atoms with Crippen LogP contribution in [-0.2, 0) is 0 Å². The van der Waals surface area contributed by atoms with Crippen molar-refractivity contribution in [2.75, 3.05) is 37.7 Å². The van der Waals surface area contributed by atoms with Gasteiger partial charge >= 0.3 is 0 Å². The SMILES string of the molecule is C#Cc1ccc(C(=O)N2CCN(c3ccc(-c4cc(OCC(C)(C)O)cn5ncc(C#N)c45)cn3)CC2)cc1. The molecule has 1 saturated heterocycles. The van der Waals surface area contributed by atoms with E-state index in [2.05, 4.69) is 22.0 Å². The fourth-order valence-corrected chi connectivity index (χ4v) is 4.50. The lowest BCUT2D eigenvalue weighted by Gasteiger charge is -2.35. The van der Waals surface area contributed by atoms with Crippen LogP contribution >= 0.6 is 0 Å². The number of ether oxygens (including phenoxy) is 1. The molecule has 39 heavy (non-hydrogen) atoms. The van der Waals surface area contributed by atoms with Gasteiger partial charge in [0.15, 0.2) is 0 Å². The van der Waals surface area contributed by atoms with Crippen LogP contribution in [-0.4, -0.2) is 68.9 Å². The zero-order valence-corrected chi connectivity index (χ0v) is 21.8. The second-order valence-electron chi connectivity index (χ2n) is 10.1. The molecule has 1 N–H and O–H groups in total. The molecule has 9 nitrogen and oxygen atoms in total. The van der Waals surface area contributed by atoms with E-state index in [0.29, 0.717) is 48.6 Å². The number of terminal acetylenes is 1. The van der Waals surface area contributed by atoms with Crippen LogP contribution in [0.5, 0.6) is 5.75 Å². The molecule has 0 unspecified atom stereocenters. The smallest absolute Gasteiger partial charge is 0.253 e. The van der Waals surface area contributed by atoms with Crippen LogP contribution in [0.25, 0.3) is 16.6 Å². The Morgan fingerprint density at radius 3 is 2.49 bits per heavy atom. The maximum atomic E-state index is 12.9. The Morgan fingerprint density at radius 1 is 1.13 bits per heavy atom. The Kier molecular flexibility index (Phi) is 6.93. The van der Waals surface area contributed by atoms with Crippen molar-refractivity contribution in [1.82, 2.24) is 19.5 Å². The molecule has 0 saturated carbocycles. The van der Waals surface area contributed by atoms with E-state index in [1.165, 1.54) is 6.20 Å². The van der Waals surface area contributed by atoms with Gasteiger partial charge in [0.05, 0.1) is 29.1 Å². The Bertz CT molecular complexity index is 1580. The average molecular weight is 521 g/mol. The normalized spacial score (nSPS) is 13.7. The number of piperazine rings is 1. The van der Waals surface area contributed by atoms with E-state index in [9.17, 15) is 15.2 Å². The molecule has 4 heterocycles. The minimum absolute atomic E-state index is 0.00802. The molecule has 1 amide bonds. The third-order valence-corrected chi connectivity index (χ3v) is 6.55. The number of aromatic nitrogens is 3. The summed E-state index contributed by atoms with van der Waals surface area (Å²) in [5, 5.41) is 24.0. The molecule has 196 valence electrons. The Hall–Kier alpha value is -4.86. The first-order chi connectivity index (χ1) is 18.8. The molecule has 3 aromatic heterocycles. The first-order valence-electron chi connectivity index (χ1n) is 12.6. The molecule has 1 fully saturated rings. The van der Waals surface area contributed by atoms with Crippen LogP contribution in [0.2, 0.25) is 0 Å². The molecule has 4 aromatic rings. The lowest BCUT2D eigenvalue weighted by molar-refractivity contribution is 0.0283. The van der Waals surface area contributed by atoms with Gasteiger partial charge in [0, 0.05) is 54.6 Å². The first kappa shape index (κ1) is 25.8. The molecule has 1 aromatic carbocycles. The van der Waals surface area contributed by atoms with Crippen LogP contribution in [0, 0.1) is 23.7 Å². The summed E-state index contributed by atoms with van der Waals surface area (Å²) in [6.45, 7) is 5.93. The van der Waals surface area contributed by atoms with Crippen molar-refractivity contribution in [3.05, 3.63) is 77.7 Å². The third kappa shape index (κ3) is 5.54. The van der Waals surface area contributed by atoms with E-state index >= 15 is 0 Å². The molecule has 0 aliphatic carbocycles. The van der Waals surface area contributed by atoms with Crippen molar-refractivity contribution in [3.8, 4) is 35.3 Å². The van der Waals surface area contributed by atoms with E-state index in [1.54, 1.807) is 55.0 Å². The largest absolute Gasteiger partial charge is 0.489 e. The second-order valence-corrected chi connectivity index (χ2v) is 10.1. The van der Waals surface area contributed by atoms with Gasteiger partial charge in [0.2, 0.25) is 0 Å². The number of anilines is 1. The molecule has 5 rings (SSSR count). The fraction of sp³-hybridized carbons (Fsp3) is 0.267. The summed E-state index contributed by atoms with van der Waals surface area (Å²) in [4.78, 5) is 21.6. The van der Waals surface area contributed by atoms with Gasteiger partial charge in [-0.2, -0.15) is 10.4 Å².